The zero-order valence-corrected chi connectivity index (χ0v) is 14.2. The van der Waals surface area contributed by atoms with Gasteiger partial charge in [0.05, 0.1) is 26.1 Å². The lowest BCUT2D eigenvalue weighted by atomic mass is 9.85. The molecule has 1 fully saturated rings. The normalized spacial score (nSPS) is 21.9. The van der Waals surface area contributed by atoms with Crippen LogP contribution in [-0.4, -0.2) is 43.4 Å². The summed E-state index contributed by atoms with van der Waals surface area (Å²) in [4.78, 5) is 38.1. The van der Waals surface area contributed by atoms with Crippen LogP contribution in [0.5, 0.6) is 11.5 Å². The topological polar surface area (TPSA) is 84.9 Å². The quantitative estimate of drug-likeness (QED) is 0.648. The van der Waals surface area contributed by atoms with Crippen molar-refractivity contribution >= 4 is 23.4 Å². The van der Waals surface area contributed by atoms with Crippen LogP contribution in [0.1, 0.15) is 12.8 Å². The maximum absolute atomic E-state index is 12.4. The van der Waals surface area contributed by atoms with E-state index in [-0.39, 0.29) is 30.2 Å². The average molecular weight is 344 g/mol. The second-order valence-electron chi connectivity index (χ2n) is 6.04. The number of nitrogens with zero attached hydrogens (tertiary/aromatic N) is 1. The van der Waals surface area contributed by atoms with Gasteiger partial charge in [-0.15, -0.1) is 0 Å². The molecule has 1 aliphatic heterocycles. The number of benzene rings is 1. The summed E-state index contributed by atoms with van der Waals surface area (Å²) in [6, 6.07) is 4.95. The maximum atomic E-state index is 12.4. The fourth-order valence-electron chi connectivity index (χ4n) is 3.28. The highest BCUT2D eigenvalue weighted by Crippen LogP contribution is 2.35. The molecule has 2 atom stereocenters. The predicted molar refractivity (Wildman–Crippen MR) is 90.2 cm³/mol. The molecule has 1 aromatic carbocycles. The highest BCUT2D eigenvalue weighted by atomic mass is 16.5. The van der Waals surface area contributed by atoms with Gasteiger partial charge in [0.1, 0.15) is 6.54 Å². The third-order valence-corrected chi connectivity index (χ3v) is 4.57. The van der Waals surface area contributed by atoms with E-state index >= 15 is 0 Å². The summed E-state index contributed by atoms with van der Waals surface area (Å²) in [5, 5.41) is 2.68. The molecular weight excluding hydrogens is 324 g/mol. The molecule has 3 rings (SSSR count). The lowest BCUT2D eigenvalue weighted by Gasteiger charge is -2.15. The van der Waals surface area contributed by atoms with Crippen LogP contribution < -0.4 is 14.8 Å². The Morgan fingerprint density at radius 2 is 1.68 bits per heavy atom. The molecule has 0 unspecified atom stereocenters. The number of likely N-dealkylation sites (tertiary alicyclic amines) is 1. The number of hydrogen-bond donors (Lipinski definition) is 1. The van der Waals surface area contributed by atoms with E-state index in [0.717, 1.165) is 4.90 Å². The summed E-state index contributed by atoms with van der Waals surface area (Å²) >= 11 is 0. The number of carbonyl (C=O) groups is 3. The molecule has 1 saturated heterocycles. The van der Waals surface area contributed by atoms with E-state index in [1.807, 2.05) is 12.2 Å². The Kier molecular flexibility index (Phi) is 4.74. The van der Waals surface area contributed by atoms with E-state index in [9.17, 15) is 14.4 Å². The van der Waals surface area contributed by atoms with Crippen molar-refractivity contribution in [1.29, 1.82) is 0 Å². The molecule has 0 radical (unpaired) electrons. The Balaban J connectivity index is 1.67. The zero-order chi connectivity index (χ0) is 18.0. The van der Waals surface area contributed by atoms with Gasteiger partial charge in [-0.3, -0.25) is 19.3 Å². The largest absolute Gasteiger partial charge is 0.493 e. The van der Waals surface area contributed by atoms with Crippen LogP contribution in [0, 0.1) is 11.8 Å². The molecule has 7 nitrogen and oxygen atoms in total. The molecule has 25 heavy (non-hydrogen) atoms. The monoisotopic (exact) mass is 344 g/mol. The van der Waals surface area contributed by atoms with E-state index in [1.54, 1.807) is 18.2 Å². The lowest BCUT2D eigenvalue weighted by molar-refractivity contribution is -0.142. The minimum atomic E-state index is -0.430. The molecule has 2 aliphatic rings. The van der Waals surface area contributed by atoms with Crippen molar-refractivity contribution < 1.29 is 23.9 Å². The first-order valence-corrected chi connectivity index (χ1v) is 8.07. The number of fused-ring (bicyclic) bond motifs is 1. The van der Waals surface area contributed by atoms with Crippen LogP contribution in [0.2, 0.25) is 0 Å². The summed E-state index contributed by atoms with van der Waals surface area (Å²) in [7, 11) is 3.02. The van der Waals surface area contributed by atoms with Gasteiger partial charge in [-0.2, -0.15) is 0 Å². The molecule has 0 spiro atoms. The number of amides is 3. The number of imide groups is 1. The van der Waals surface area contributed by atoms with Gasteiger partial charge in [0.2, 0.25) is 17.7 Å². The summed E-state index contributed by atoms with van der Waals surface area (Å²) in [6.45, 7) is -0.279. The molecular formula is C18H20N2O5. The predicted octanol–water partition coefficient (Wildman–Crippen LogP) is 1.59. The van der Waals surface area contributed by atoms with E-state index in [4.69, 9.17) is 9.47 Å². The Labute approximate surface area is 145 Å². The van der Waals surface area contributed by atoms with Gasteiger partial charge in [0, 0.05) is 11.8 Å². The number of ether oxygens (including phenoxy) is 2. The first-order chi connectivity index (χ1) is 12.0. The summed E-state index contributed by atoms with van der Waals surface area (Å²) in [5.74, 6) is -0.588. The molecule has 132 valence electrons. The van der Waals surface area contributed by atoms with Crippen molar-refractivity contribution in [2.45, 2.75) is 12.8 Å². The molecule has 0 bridgehead atoms. The molecule has 1 heterocycles. The Hall–Kier alpha value is -2.83. The van der Waals surface area contributed by atoms with Gasteiger partial charge in [0.15, 0.2) is 11.5 Å². The maximum Gasteiger partial charge on any atom is 0.244 e. The lowest BCUT2D eigenvalue weighted by Crippen LogP contribution is -2.38. The summed E-state index contributed by atoms with van der Waals surface area (Å²) in [6.07, 6.45) is 4.95. The van der Waals surface area contributed by atoms with Crippen LogP contribution in [0.15, 0.2) is 30.4 Å². The van der Waals surface area contributed by atoms with Crippen molar-refractivity contribution in [3.05, 3.63) is 30.4 Å². The standard InChI is InChI=1S/C18H20N2O5/c1-24-14-8-7-11(9-15(14)25-2)19-16(21)10-20-17(22)12-5-3-4-6-13(12)18(20)23/h3-4,7-9,12-13H,5-6,10H2,1-2H3,(H,19,21)/t12-,13-/m0/s1. The van der Waals surface area contributed by atoms with Gasteiger partial charge in [-0.05, 0) is 25.0 Å². The Morgan fingerprint density at radius 3 is 2.24 bits per heavy atom. The molecule has 0 saturated carbocycles. The third kappa shape index (κ3) is 3.22. The second-order valence-corrected chi connectivity index (χ2v) is 6.04. The second kappa shape index (κ2) is 6.96. The van der Waals surface area contributed by atoms with Crippen LogP contribution in [0.25, 0.3) is 0 Å². The van der Waals surface area contributed by atoms with Crippen molar-refractivity contribution in [1.82, 2.24) is 4.90 Å². The van der Waals surface area contributed by atoms with Crippen molar-refractivity contribution in [3.63, 3.8) is 0 Å². The average Bonchev–Trinajstić information content (AvgIpc) is 2.87. The number of hydrogen-bond acceptors (Lipinski definition) is 5. The van der Waals surface area contributed by atoms with Gasteiger partial charge >= 0.3 is 0 Å². The number of nitrogens with one attached hydrogen (secondary N) is 1. The Morgan fingerprint density at radius 1 is 1.08 bits per heavy atom. The molecule has 0 aromatic heterocycles. The van der Waals surface area contributed by atoms with E-state index in [1.165, 1.54) is 14.2 Å². The number of carbonyl (C=O) groups excluding carboxylic acids is 3. The Bertz CT molecular complexity index is 717. The van der Waals surface area contributed by atoms with Crippen LogP contribution in [0.3, 0.4) is 0 Å². The van der Waals surface area contributed by atoms with Crippen LogP contribution in [-0.2, 0) is 14.4 Å². The number of rotatable bonds is 5. The highest BCUT2D eigenvalue weighted by Gasteiger charge is 2.47. The zero-order valence-electron chi connectivity index (χ0n) is 14.2. The van der Waals surface area contributed by atoms with Crippen LogP contribution in [0.4, 0.5) is 5.69 Å². The van der Waals surface area contributed by atoms with E-state index < -0.39 is 5.91 Å². The fourth-order valence-corrected chi connectivity index (χ4v) is 3.28. The van der Waals surface area contributed by atoms with Gasteiger partial charge in [0.25, 0.3) is 0 Å². The van der Waals surface area contributed by atoms with Crippen molar-refractivity contribution in [2.24, 2.45) is 11.8 Å². The number of anilines is 1. The third-order valence-electron chi connectivity index (χ3n) is 4.57. The molecule has 1 N–H and O–H groups in total. The first kappa shape index (κ1) is 17.0. The SMILES string of the molecule is COc1ccc(NC(=O)CN2C(=O)[C@H]3CC=CC[C@@H]3C2=O)cc1OC. The van der Waals surface area contributed by atoms with Gasteiger partial charge < -0.3 is 14.8 Å². The van der Waals surface area contributed by atoms with Crippen molar-refractivity contribution in [3.8, 4) is 11.5 Å². The summed E-state index contributed by atoms with van der Waals surface area (Å²) in [5.41, 5.74) is 0.501. The first-order valence-electron chi connectivity index (χ1n) is 8.07. The van der Waals surface area contributed by atoms with Gasteiger partial charge in [-0.1, -0.05) is 12.2 Å². The van der Waals surface area contributed by atoms with Crippen LogP contribution >= 0.6 is 0 Å². The van der Waals surface area contributed by atoms with Crippen molar-refractivity contribution in [2.75, 3.05) is 26.1 Å². The minimum absolute atomic E-state index is 0.262. The summed E-state index contributed by atoms with van der Waals surface area (Å²) < 4.78 is 10.3. The molecule has 1 aliphatic carbocycles. The molecule has 1 aromatic rings. The number of methoxy groups -OCH3 is 2. The molecule has 3 amide bonds. The van der Waals surface area contributed by atoms with E-state index in [0.29, 0.717) is 30.0 Å². The fraction of sp³-hybridized carbons (Fsp3) is 0.389. The van der Waals surface area contributed by atoms with E-state index in [2.05, 4.69) is 5.32 Å². The number of allylic oxidation sites excluding steroid dienone is 2. The molecule has 7 heteroatoms. The van der Waals surface area contributed by atoms with Gasteiger partial charge in [-0.25, -0.2) is 0 Å². The smallest absolute Gasteiger partial charge is 0.244 e. The highest BCUT2D eigenvalue weighted by molar-refractivity contribution is 6.08. The minimum Gasteiger partial charge on any atom is -0.493 e.